The number of carbonyl (C=O) groups is 1. The number of nitrogens with one attached hydrogen (secondary N) is 2. The number of amides is 1. The average Bonchev–Trinajstić information content (AvgIpc) is 2.92. The molecule has 1 aliphatic rings. The Bertz CT molecular complexity index is 567. The summed E-state index contributed by atoms with van der Waals surface area (Å²) in [7, 11) is 0. The van der Waals surface area contributed by atoms with Crippen molar-refractivity contribution in [3.63, 3.8) is 0 Å². The molecule has 5 nitrogen and oxygen atoms in total. The van der Waals surface area contributed by atoms with Gasteiger partial charge in [-0.15, -0.1) is 5.10 Å². The molecular formula is C12H12N4OS. The number of rotatable bonds is 2. The molecule has 92 valence electrons. The lowest BCUT2D eigenvalue weighted by atomic mass is 10.0. The van der Waals surface area contributed by atoms with Gasteiger partial charge in [0.1, 0.15) is 0 Å². The van der Waals surface area contributed by atoms with Gasteiger partial charge in [0.15, 0.2) is 5.69 Å². The van der Waals surface area contributed by atoms with Crippen LogP contribution in [-0.2, 0) is 13.0 Å². The van der Waals surface area contributed by atoms with Crippen molar-refractivity contribution in [3.8, 4) is 0 Å². The fourth-order valence-corrected chi connectivity index (χ4v) is 2.45. The summed E-state index contributed by atoms with van der Waals surface area (Å²) in [5.74, 6) is -0.215. The SMILES string of the molecule is O=C(Nc1ccc2c(c1)CNCC2)c1csnn1. The summed E-state index contributed by atoms with van der Waals surface area (Å²) < 4.78 is 3.68. The van der Waals surface area contributed by atoms with Gasteiger partial charge >= 0.3 is 0 Å². The summed E-state index contributed by atoms with van der Waals surface area (Å²) in [6.45, 7) is 1.88. The number of fused-ring (bicyclic) bond motifs is 1. The van der Waals surface area contributed by atoms with Crippen molar-refractivity contribution in [1.82, 2.24) is 14.9 Å². The number of carbonyl (C=O) groups excluding carboxylic acids is 1. The molecule has 1 aromatic carbocycles. The molecule has 1 aliphatic heterocycles. The maximum Gasteiger partial charge on any atom is 0.277 e. The summed E-state index contributed by atoms with van der Waals surface area (Å²) in [5.41, 5.74) is 3.75. The molecule has 2 aromatic rings. The second kappa shape index (κ2) is 4.83. The largest absolute Gasteiger partial charge is 0.321 e. The Hall–Kier alpha value is -1.79. The van der Waals surface area contributed by atoms with E-state index < -0.39 is 0 Å². The van der Waals surface area contributed by atoms with Crippen LogP contribution in [0.1, 0.15) is 21.6 Å². The highest BCUT2D eigenvalue weighted by Gasteiger charge is 2.12. The minimum atomic E-state index is -0.215. The van der Waals surface area contributed by atoms with E-state index in [1.54, 1.807) is 5.38 Å². The van der Waals surface area contributed by atoms with Crippen LogP contribution in [0, 0.1) is 0 Å². The van der Waals surface area contributed by atoms with E-state index in [4.69, 9.17) is 0 Å². The van der Waals surface area contributed by atoms with Crippen LogP contribution in [0.4, 0.5) is 5.69 Å². The first-order chi connectivity index (χ1) is 8.83. The maximum atomic E-state index is 11.8. The first-order valence-electron chi connectivity index (χ1n) is 5.74. The van der Waals surface area contributed by atoms with Crippen LogP contribution in [0.3, 0.4) is 0 Å². The zero-order valence-electron chi connectivity index (χ0n) is 9.64. The van der Waals surface area contributed by atoms with E-state index >= 15 is 0 Å². The van der Waals surface area contributed by atoms with E-state index in [2.05, 4.69) is 26.3 Å². The molecule has 0 radical (unpaired) electrons. The van der Waals surface area contributed by atoms with Crippen LogP contribution in [0.2, 0.25) is 0 Å². The molecule has 0 unspecified atom stereocenters. The molecule has 18 heavy (non-hydrogen) atoms. The zero-order valence-corrected chi connectivity index (χ0v) is 10.5. The minimum absolute atomic E-state index is 0.215. The molecule has 0 saturated carbocycles. The molecule has 1 amide bonds. The summed E-state index contributed by atoms with van der Waals surface area (Å²) >= 11 is 1.17. The van der Waals surface area contributed by atoms with Gasteiger partial charge in [-0.2, -0.15) is 0 Å². The third kappa shape index (κ3) is 2.25. The highest BCUT2D eigenvalue weighted by Crippen LogP contribution is 2.19. The summed E-state index contributed by atoms with van der Waals surface area (Å²) in [4.78, 5) is 11.8. The Kier molecular flexibility index (Phi) is 3.04. The molecule has 0 saturated heterocycles. The van der Waals surface area contributed by atoms with Gasteiger partial charge in [-0.1, -0.05) is 10.6 Å². The lowest BCUT2D eigenvalue weighted by Gasteiger charge is -2.17. The van der Waals surface area contributed by atoms with Crippen molar-refractivity contribution >= 4 is 23.1 Å². The molecule has 0 spiro atoms. The molecular weight excluding hydrogens is 248 g/mol. The van der Waals surface area contributed by atoms with Gasteiger partial charge < -0.3 is 10.6 Å². The predicted molar refractivity (Wildman–Crippen MR) is 69.7 cm³/mol. The van der Waals surface area contributed by atoms with Crippen molar-refractivity contribution in [1.29, 1.82) is 0 Å². The standard InChI is InChI=1S/C12H12N4OS/c17-12(11-7-18-16-15-11)14-10-2-1-8-3-4-13-6-9(8)5-10/h1-2,5,7,13H,3-4,6H2,(H,14,17). The highest BCUT2D eigenvalue weighted by molar-refractivity contribution is 7.03. The molecule has 6 heteroatoms. The summed E-state index contributed by atoms with van der Waals surface area (Å²) in [5, 5.41) is 11.5. The Morgan fingerprint density at radius 2 is 2.33 bits per heavy atom. The molecule has 0 fully saturated rings. The van der Waals surface area contributed by atoms with E-state index in [0.29, 0.717) is 5.69 Å². The minimum Gasteiger partial charge on any atom is -0.321 e. The van der Waals surface area contributed by atoms with E-state index in [1.807, 2.05) is 12.1 Å². The number of benzene rings is 1. The lowest BCUT2D eigenvalue weighted by Crippen LogP contribution is -2.23. The first kappa shape index (κ1) is 11.3. The molecule has 0 atom stereocenters. The van der Waals surface area contributed by atoms with E-state index in [1.165, 1.54) is 22.7 Å². The van der Waals surface area contributed by atoms with Crippen LogP contribution in [0.5, 0.6) is 0 Å². The smallest absolute Gasteiger partial charge is 0.277 e. The highest BCUT2D eigenvalue weighted by atomic mass is 32.1. The average molecular weight is 260 g/mol. The molecule has 0 aliphatic carbocycles. The number of nitrogens with zero attached hydrogens (tertiary/aromatic N) is 2. The molecule has 2 heterocycles. The summed E-state index contributed by atoms with van der Waals surface area (Å²) in [6.07, 6.45) is 1.04. The van der Waals surface area contributed by atoms with Gasteiger partial charge in [-0.25, -0.2) is 0 Å². The quantitative estimate of drug-likeness (QED) is 0.857. The Morgan fingerprint density at radius 3 is 3.17 bits per heavy atom. The Balaban J connectivity index is 1.79. The van der Waals surface area contributed by atoms with Crippen molar-refractivity contribution in [2.45, 2.75) is 13.0 Å². The molecule has 2 N–H and O–H groups in total. The fourth-order valence-electron chi connectivity index (χ4n) is 2.02. The van der Waals surface area contributed by atoms with Crippen LogP contribution in [0.25, 0.3) is 0 Å². The van der Waals surface area contributed by atoms with Gasteiger partial charge in [0.05, 0.1) is 0 Å². The molecule has 1 aromatic heterocycles. The number of hydrogen-bond acceptors (Lipinski definition) is 5. The van der Waals surface area contributed by atoms with Crippen molar-refractivity contribution in [2.75, 3.05) is 11.9 Å². The van der Waals surface area contributed by atoms with Crippen LogP contribution >= 0.6 is 11.5 Å². The van der Waals surface area contributed by atoms with Gasteiger partial charge in [0.2, 0.25) is 0 Å². The number of anilines is 1. The van der Waals surface area contributed by atoms with Gasteiger partial charge in [-0.05, 0) is 47.8 Å². The third-order valence-electron chi connectivity index (χ3n) is 2.94. The topological polar surface area (TPSA) is 66.9 Å². The second-order valence-electron chi connectivity index (χ2n) is 4.15. The Labute approximate surface area is 108 Å². The van der Waals surface area contributed by atoms with E-state index in [9.17, 15) is 4.79 Å². The maximum absolute atomic E-state index is 11.8. The fraction of sp³-hybridized carbons (Fsp3) is 0.250. The first-order valence-corrected chi connectivity index (χ1v) is 6.57. The van der Waals surface area contributed by atoms with Crippen molar-refractivity contribution in [3.05, 3.63) is 40.4 Å². The van der Waals surface area contributed by atoms with Gasteiger partial charge in [0, 0.05) is 17.6 Å². The van der Waals surface area contributed by atoms with E-state index in [-0.39, 0.29) is 5.91 Å². The monoisotopic (exact) mass is 260 g/mol. The zero-order chi connectivity index (χ0) is 12.4. The normalized spacial score (nSPS) is 14.0. The van der Waals surface area contributed by atoms with Crippen molar-refractivity contribution in [2.24, 2.45) is 0 Å². The van der Waals surface area contributed by atoms with Crippen LogP contribution in [-0.4, -0.2) is 22.0 Å². The number of hydrogen-bond donors (Lipinski definition) is 2. The van der Waals surface area contributed by atoms with Gasteiger partial charge in [0.25, 0.3) is 5.91 Å². The van der Waals surface area contributed by atoms with Crippen molar-refractivity contribution < 1.29 is 4.79 Å². The second-order valence-corrected chi connectivity index (χ2v) is 4.76. The third-order valence-corrected chi connectivity index (χ3v) is 3.45. The van der Waals surface area contributed by atoms with Crippen LogP contribution in [0.15, 0.2) is 23.6 Å². The number of aromatic nitrogens is 2. The Morgan fingerprint density at radius 1 is 1.39 bits per heavy atom. The van der Waals surface area contributed by atoms with Gasteiger partial charge in [-0.3, -0.25) is 4.79 Å². The predicted octanol–water partition coefficient (Wildman–Crippen LogP) is 1.44. The lowest BCUT2D eigenvalue weighted by molar-refractivity contribution is 0.102. The summed E-state index contributed by atoms with van der Waals surface area (Å²) in [6, 6.07) is 6.02. The van der Waals surface area contributed by atoms with E-state index in [0.717, 1.165) is 25.2 Å². The molecule has 0 bridgehead atoms. The van der Waals surface area contributed by atoms with Crippen LogP contribution < -0.4 is 10.6 Å². The molecule has 3 rings (SSSR count).